The molecule has 29 heavy (non-hydrogen) atoms. The Morgan fingerprint density at radius 1 is 0.931 bits per heavy atom. The van der Waals surface area contributed by atoms with Gasteiger partial charge in [-0.3, -0.25) is 4.72 Å². The van der Waals surface area contributed by atoms with Gasteiger partial charge in [0.15, 0.2) is 5.82 Å². The minimum atomic E-state index is -3.80. The molecule has 0 fully saturated rings. The molecule has 0 saturated heterocycles. The van der Waals surface area contributed by atoms with Gasteiger partial charge in [0, 0.05) is 24.1 Å². The molecule has 0 aliphatic heterocycles. The van der Waals surface area contributed by atoms with Gasteiger partial charge in [0.2, 0.25) is 5.88 Å². The molecule has 0 atom stereocenters. The highest BCUT2D eigenvalue weighted by atomic mass is 35.5. The number of halogens is 1. The fourth-order valence-corrected chi connectivity index (χ4v) is 4.06. The van der Waals surface area contributed by atoms with Gasteiger partial charge in [-0.1, -0.05) is 23.7 Å². The van der Waals surface area contributed by atoms with E-state index >= 15 is 0 Å². The monoisotopic (exact) mass is 427 g/mol. The number of hydrogen-bond donors (Lipinski definition) is 1. The molecule has 2 aromatic heterocycles. The Kier molecular flexibility index (Phi) is 5.15. The molecule has 10 heteroatoms. The minimum absolute atomic E-state index is 0.00883. The Hall–Kier alpha value is -3.43. The smallest absolute Gasteiger partial charge is 0.263 e. The van der Waals surface area contributed by atoms with E-state index in [0.717, 1.165) is 0 Å². The van der Waals surface area contributed by atoms with Gasteiger partial charge >= 0.3 is 0 Å². The van der Waals surface area contributed by atoms with E-state index < -0.39 is 10.0 Å². The molecule has 146 valence electrons. The molecule has 0 aliphatic rings. The van der Waals surface area contributed by atoms with Crippen LogP contribution in [0.1, 0.15) is 0 Å². The molecular formula is C19H14ClN5O3S. The Morgan fingerprint density at radius 2 is 1.72 bits per heavy atom. The van der Waals surface area contributed by atoms with Gasteiger partial charge in [0.25, 0.3) is 10.0 Å². The van der Waals surface area contributed by atoms with E-state index in [1.165, 1.54) is 12.1 Å². The van der Waals surface area contributed by atoms with Crippen molar-refractivity contribution in [2.75, 3.05) is 4.72 Å². The van der Waals surface area contributed by atoms with Gasteiger partial charge in [0.05, 0.1) is 5.02 Å². The summed E-state index contributed by atoms with van der Waals surface area (Å²) in [5.41, 5.74) is 0.373. The molecule has 0 saturated carbocycles. The topological polar surface area (TPSA) is 99.0 Å². The van der Waals surface area contributed by atoms with Crippen molar-refractivity contribution in [1.82, 2.24) is 20.0 Å². The highest BCUT2D eigenvalue weighted by molar-refractivity contribution is 7.92. The van der Waals surface area contributed by atoms with Crippen molar-refractivity contribution in [2.24, 2.45) is 0 Å². The molecule has 0 unspecified atom stereocenters. The first-order valence-corrected chi connectivity index (χ1v) is 10.3. The lowest BCUT2D eigenvalue weighted by Crippen LogP contribution is -2.13. The first-order valence-electron chi connectivity index (χ1n) is 8.40. The number of benzene rings is 2. The van der Waals surface area contributed by atoms with Crippen molar-refractivity contribution >= 4 is 27.3 Å². The van der Waals surface area contributed by atoms with E-state index in [4.69, 9.17) is 16.3 Å². The standard InChI is InChI=1S/C19H14ClN5O3S/c20-16-4-1-2-5-17(16)29(26,27)24-14-6-8-15(9-7-14)28-19-11-10-18(22-23-19)25-13-3-12-21-25/h1-13,24H. The summed E-state index contributed by atoms with van der Waals surface area (Å²) in [6.45, 7) is 0. The van der Waals surface area contributed by atoms with Crippen LogP contribution in [0.3, 0.4) is 0 Å². The summed E-state index contributed by atoms with van der Waals surface area (Å²) in [6, 6.07) is 17.8. The summed E-state index contributed by atoms with van der Waals surface area (Å²) in [4.78, 5) is 0.00883. The first-order chi connectivity index (χ1) is 14.0. The lowest BCUT2D eigenvalue weighted by molar-refractivity contribution is 0.454. The molecule has 1 N–H and O–H groups in total. The fourth-order valence-electron chi connectivity index (χ4n) is 2.48. The lowest BCUT2D eigenvalue weighted by Gasteiger charge is -2.10. The minimum Gasteiger partial charge on any atom is -0.438 e. The second-order valence-corrected chi connectivity index (χ2v) is 7.90. The molecule has 8 nitrogen and oxygen atoms in total. The highest BCUT2D eigenvalue weighted by Gasteiger charge is 2.17. The van der Waals surface area contributed by atoms with E-state index in [9.17, 15) is 8.42 Å². The summed E-state index contributed by atoms with van der Waals surface area (Å²) >= 11 is 5.98. The van der Waals surface area contributed by atoms with Crippen molar-refractivity contribution in [1.29, 1.82) is 0 Å². The van der Waals surface area contributed by atoms with Crippen LogP contribution >= 0.6 is 11.6 Å². The van der Waals surface area contributed by atoms with E-state index in [1.807, 2.05) is 0 Å². The maximum Gasteiger partial charge on any atom is 0.263 e. The zero-order valence-corrected chi connectivity index (χ0v) is 16.4. The number of rotatable bonds is 6. The normalized spacial score (nSPS) is 11.2. The number of sulfonamides is 1. The van der Waals surface area contributed by atoms with Gasteiger partial charge in [-0.05, 0) is 48.5 Å². The first kappa shape index (κ1) is 18.9. The van der Waals surface area contributed by atoms with Crippen LogP contribution in [0.15, 0.2) is 84.0 Å². The largest absolute Gasteiger partial charge is 0.438 e. The fraction of sp³-hybridized carbons (Fsp3) is 0. The lowest BCUT2D eigenvalue weighted by atomic mass is 10.3. The van der Waals surface area contributed by atoms with Crippen molar-refractivity contribution < 1.29 is 13.2 Å². The van der Waals surface area contributed by atoms with Crippen LogP contribution in [0.5, 0.6) is 11.6 Å². The van der Waals surface area contributed by atoms with Crippen molar-refractivity contribution in [3.8, 4) is 17.4 Å². The summed E-state index contributed by atoms with van der Waals surface area (Å²) in [5, 5.41) is 12.3. The predicted molar refractivity (Wildman–Crippen MR) is 108 cm³/mol. The second-order valence-electron chi connectivity index (χ2n) is 5.84. The maximum atomic E-state index is 12.5. The van der Waals surface area contributed by atoms with Gasteiger partial charge in [-0.2, -0.15) is 5.10 Å². The van der Waals surface area contributed by atoms with Gasteiger partial charge in [-0.25, -0.2) is 13.1 Å². The van der Waals surface area contributed by atoms with Gasteiger partial charge in [0.1, 0.15) is 10.6 Å². The Bertz CT molecular complexity index is 1210. The SMILES string of the molecule is O=S(=O)(Nc1ccc(Oc2ccc(-n3cccn3)nn2)cc1)c1ccccc1Cl. The summed E-state index contributed by atoms with van der Waals surface area (Å²) < 4.78 is 34.7. The molecule has 0 spiro atoms. The van der Waals surface area contributed by atoms with Crippen LogP contribution in [-0.4, -0.2) is 28.4 Å². The average Bonchev–Trinajstić information content (AvgIpc) is 3.25. The Morgan fingerprint density at radius 3 is 2.38 bits per heavy atom. The van der Waals surface area contributed by atoms with Crippen LogP contribution < -0.4 is 9.46 Å². The quantitative estimate of drug-likeness (QED) is 0.501. The molecule has 0 aliphatic carbocycles. The van der Waals surface area contributed by atoms with E-state index in [0.29, 0.717) is 23.1 Å². The predicted octanol–water partition coefficient (Wildman–Crippen LogP) is 3.91. The molecule has 4 rings (SSSR count). The Labute approximate surface area is 171 Å². The van der Waals surface area contributed by atoms with Crippen molar-refractivity contribution in [3.63, 3.8) is 0 Å². The molecule has 2 heterocycles. The van der Waals surface area contributed by atoms with E-state index in [2.05, 4.69) is 20.0 Å². The highest BCUT2D eigenvalue weighted by Crippen LogP contribution is 2.25. The number of hydrogen-bond acceptors (Lipinski definition) is 6. The summed E-state index contributed by atoms with van der Waals surface area (Å²) in [7, 11) is -3.80. The van der Waals surface area contributed by atoms with E-state index in [-0.39, 0.29) is 9.92 Å². The third-order valence-corrected chi connectivity index (χ3v) is 5.70. The maximum absolute atomic E-state index is 12.5. The van der Waals surface area contributed by atoms with Crippen LogP contribution in [0.25, 0.3) is 5.82 Å². The van der Waals surface area contributed by atoms with Crippen LogP contribution in [0.2, 0.25) is 5.02 Å². The molecule has 4 aromatic rings. The number of nitrogens with one attached hydrogen (secondary N) is 1. The molecular weight excluding hydrogens is 414 g/mol. The van der Waals surface area contributed by atoms with Crippen LogP contribution in [0, 0.1) is 0 Å². The number of ether oxygens (including phenoxy) is 1. The van der Waals surface area contributed by atoms with Crippen molar-refractivity contribution in [2.45, 2.75) is 4.90 Å². The van der Waals surface area contributed by atoms with Gasteiger partial charge in [-0.15, -0.1) is 10.2 Å². The summed E-state index contributed by atoms with van der Waals surface area (Å²) in [6.07, 6.45) is 3.40. The third kappa shape index (κ3) is 4.36. The zero-order valence-electron chi connectivity index (χ0n) is 14.8. The number of aromatic nitrogens is 4. The second kappa shape index (κ2) is 7.90. The molecule has 0 bridgehead atoms. The number of nitrogens with zero attached hydrogens (tertiary/aromatic N) is 4. The van der Waals surface area contributed by atoms with Gasteiger partial charge < -0.3 is 4.74 Å². The summed E-state index contributed by atoms with van der Waals surface area (Å²) in [5.74, 6) is 1.34. The molecule has 2 aromatic carbocycles. The van der Waals surface area contributed by atoms with Crippen LogP contribution in [-0.2, 0) is 10.0 Å². The van der Waals surface area contributed by atoms with E-state index in [1.54, 1.807) is 71.7 Å². The van der Waals surface area contributed by atoms with Crippen molar-refractivity contribution in [3.05, 3.63) is 84.1 Å². The molecule has 0 amide bonds. The number of anilines is 1. The van der Waals surface area contributed by atoms with Crippen LogP contribution in [0.4, 0.5) is 5.69 Å². The molecule has 0 radical (unpaired) electrons. The average molecular weight is 428 g/mol. The Balaban J connectivity index is 1.45. The third-order valence-electron chi connectivity index (χ3n) is 3.82. The zero-order chi connectivity index (χ0) is 20.3.